The van der Waals surface area contributed by atoms with Crippen molar-refractivity contribution in [2.75, 3.05) is 9.80 Å². The zero-order valence-electron chi connectivity index (χ0n) is 65.8. The second kappa shape index (κ2) is 21.8. The fourth-order valence-corrected chi connectivity index (χ4v) is 13.8. The first-order valence-corrected chi connectivity index (χ1v) is 31.3. The van der Waals surface area contributed by atoms with E-state index in [9.17, 15) is 11.0 Å². The Bertz CT molecular complexity index is 4950. The Hall–Kier alpha value is -7.20. The van der Waals surface area contributed by atoms with Gasteiger partial charge in [-0.15, -0.1) is 48.1 Å². The fraction of sp³-hybridized carbons (Fsp3) is 0.349. The van der Waals surface area contributed by atoms with E-state index in [1.54, 1.807) is 35.0 Å². The molecule has 0 atom stereocenters. The Morgan fingerprint density at radius 2 is 1.13 bits per heavy atom. The normalized spacial score (nSPS) is 18.6. The molecule has 0 amide bonds. The van der Waals surface area contributed by atoms with Crippen LogP contribution in [0, 0.1) is 25.7 Å². The largest absolute Gasteiger partial charge is 0.509 e. The summed E-state index contributed by atoms with van der Waals surface area (Å²) in [5, 5.41) is 0.660. The molecule has 0 bridgehead atoms. The number of hydrogen-bond acceptors (Lipinski definition) is 4. The molecule has 8 aromatic carbocycles. The maximum absolute atomic E-state index is 9.91. The van der Waals surface area contributed by atoms with Gasteiger partial charge in [-0.05, 0) is 161 Å². The number of nitrogens with zero attached hydrogens (tertiary/aromatic N) is 4. The summed E-state index contributed by atoms with van der Waals surface area (Å²) in [5.41, 5.74) is 12.7. The van der Waals surface area contributed by atoms with E-state index in [4.69, 9.17) is 13.8 Å². The van der Waals surface area contributed by atoms with E-state index in [-0.39, 0.29) is 123 Å². The quantitative estimate of drug-likeness (QED) is 0.142. The van der Waals surface area contributed by atoms with Crippen LogP contribution in [-0.4, -0.2) is 9.55 Å². The molecule has 0 spiro atoms. The van der Waals surface area contributed by atoms with E-state index in [1.807, 2.05) is 80.9 Å². The van der Waals surface area contributed by atoms with Gasteiger partial charge in [0.1, 0.15) is 5.82 Å². The minimum absolute atomic E-state index is 0. The first-order chi connectivity index (χ1) is 45.9. The molecule has 3 aliphatic rings. The Morgan fingerprint density at radius 1 is 0.551 bits per heavy atom. The molecule has 6 heteroatoms. The summed E-state index contributed by atoms with van der Waals surface area (Å²) in [6, 6.07) is 38.7. The third-order valence-corrected chi connectivity index (χ3v) is 19.3. The van der Waals surface area contributed by atoms with Gasteiger partial charge in [0.2, 0.25) is 0 Å². The maximum atomic E-state index is 9.91. The topological polar surface area (TPSA) is 33.5 Å². The average molecular weight is 1360 g/mol. The van der Waals surface area contributed by atoms with Crippen molar-refractivity contribution in [2.24, 2.45) is 0 Å². The first-order valence-electron chi connectivity index (χ1n) is 36.8. The van der Waals surface area contributed by atoms with E-state index in [0.29, 0.717) is 44.7 Å². The van der Waals surface area contributed by atoms with Crippen LogP contribution in [0.5, 0.6) is 11.5 Å². The van der Waals surface area contributed by atoms with E-state index in [1.165, 1.54) is 11.1 Å². The van der Waals surface area contributed by atoms with Crippen molar-refractivity contribution in [3.63, 3.8) is 0 Å². The van der Waals surface area contributed by atoms with Crippen molar-refractivity contribution in [3.8, 4) is 50.7 Å². The Morgan fingerprint density at radius 3 is 1.76 bits per heavy atom. The molecule has 0 radical (unpaired) electrons. The fourth-order valence-electron chi connectivity index (χ4n) is 13.8. The number of aryl methyl sites for hydroxylation is 1. The molecule has 1 aliphatic heterocycles. The van der Waals surface area contributed by atoms with Crippen molar-refractivity contribution in [3.05, 3.63) is 221 Å². The number of para-hydroxylation sites is 4. The molecule has 13 rings (SSSR count). The molecule has 10 aromatic rings. The van der Waals surface area contributed by atoms with Crippen molar-refractivity contribution < 1.29 is 40.9 Å². The molecule has 460 valence electrons. The molecular weight excluding hydrogens is 1260 g/mol. The molecule has 0 fully saturated rings. The van der Waals surface area contributed by atoms with Crippen LogP contribution >= 0.6 is 0 Å². The molecule has 2 aliphatic carbocycles. The SMILES string of the molecule is [2H]c1c([2H])c(-c2cccc(-c3cc(C(C)(C)C)cc(C(C)(C)C)c3)c2N2[CH-]N(c3[c-]c(Oc4[c-]c5c(cc4)c4c([2H])c([2H])c([2H])c([2H])c4n5-c4cc(C([2H])([2H])[2H])c(-c5c6c(cc7c5C(C)(C)CCC7(C)C)C(C)(C)CCC6(C)C)cn4)ccc3)c3ccccc32)c([2H])c(C(C)(C)C)c1[2H].[Pt]. The van der Waals surface area contributed by atoms with Gasteiger partial charge in [-0.1, -0.05) is 220 Å². The zero-order valence-corrected chi connectivity index (χ0v) is 57.1. The molecule has 0 unspecified atom stereocenters. The predicted octanol–water partition coefficient (Wildman–Crippen LogP) is 22.9. The van der Waals surface area contributed by atoms with Crippen molar-refractivity contribution in [2.45, 2.75) is 188 Å². The molecule has 0 saturated carbocycles. The van der Waals surface area contributed by atoms with Crippen LogP contribution in [0.1, 0.15) is 203 Å². The zero-order chi connectivity index (χ0) is 71.9. The number of fused-ring (bicyclic) bond motifs is 6. The first kappa shape index (κ1) is 49.6. The van der Waals surface area contributed by atoms with Crippen LogP contribution in [0.3, 0.4) is 0 Å². The number of aromatic nitrogens is 2. The number of benzene rings is 8. The Labute approximate surface area is 561 Å². The van der Waals surface area contributed by atoms with Gasteiger partial charge in [-0.3, -0.25) is 0 Å². The molecule has 5 nitrogen and oxygen atoms in total. The van der Waals surface area contributed by atoms with Gasteiger partial charge in [0.05, 0.1) is 11.0 Å². The smallest absolute Gasteiger partial charge is 0.135 e. The number of rotatable bonds is 8. The van der Waals surface area contributed by atoms with Gasteiger partial charge in [-0.25, -0.2) is 4.98 Å². The van der Waals surface area contributed by atoms with E-state index < -0.39 is 24.4 Å². The molecule has 89 heavy (non-hydrogen) atoms. The number of hydrogen-bond donors (Lipinski definition) is 0. The van der Waals surface area contributed by atoms with Crippen LogP contribution in [0.25, 0.3) is 61.0 Å². The van der Waals surface area contributed by atoms with Crippen LogP contribution in [0.15, 0.2) is 158 Å². The van der Waals surface area contributed by atoms with Crippen LogP contribution in [0.4, 0.5) is 22.7 Å². The minimum atomic E-state index is -2.67. The van der Waals surface area contributed by atoms with E-state index in [0.717, 1.165) is 76.0 Å². The summed E-state index contributed by atoms with van der Waals surface area (Å²) >= 11 is 0. The number of anilines is 4. The predicted molar refractivity (Wildman–Crippen MR) is 372 cm³/mol. The molecule has 0 saturated heterocycles. The van der Waals surface area contributed by atoms with Gasteiger partial charge in [0.15, 0.2) is 0 Å². The molecule has 0 N–H and O–H groups in total. The minimum Gasteiger partial charge on any atom is -0.509 e. The van der Waals surface area contributed by atoms with Crippen molar-refractivity contribution >= 4 is 44.6 Å². The second-order valence-corrected chi connectivity index (χ2v) is 30.7. The van der Waals surface area contributed by atoms with E-state index >= 15 is 0 Å². The van der Waals surface area contributed by atoms with Gasteiger partial charge < -0.3 is 19.1 Å². The molecule has 3 heterocycles. The Kier molecular flexibility index (Phi) is 12.1. The summed E-state index contributed by atoms with van der Waals surface area (Å²) in [4.78, 5) is 9.32. The van der Waals surface area contributed by atoms with Gasteiger partial charge >= 0.3 is 0 Å². The summed E-state index contributed by atoms with van der Waals surface area (Å²) in [6.07, 6.45) is 5.45. The Balaban J connectivity index is 0.00000948. The van der Waals surface area contributed by atoms with E-state index in [2.05, 4.69) is 144 Å². The van der Waals surface area contributed by atoms with Gasteiger partial charge in [0.25, 0.3) is 0 Å². The van der Waals surface area contributed by atoms with Crippen molar-refractivity contribution in [1.29, 1.82) is 0 Å². The molecular formula is C83H89N4OPt-3. The average Bonchev–Trinajstić information content (AvgIpc) is 0.919. The van der Waals surface area contributed by atoms with Gasteiger partial charge in [-0.2, -0.15) is 12.1 Å². The standard InChI is InChI=1S/C83H89N4O.Pt/c1-52-42-72(84-50-65(52)73-74-66(80(11,12)38-40-82(74,15)16)49-67-75(73)83(17,18)41-39-81(67,13)14)87-68-33-20-19-30-63(68)64-37-36-60(48-71(64)87)88-59-29-24-28-58(47-59)85-51-86(70-35-22-21-34-69(70)85)76-61(53-26-23-27-55(43-53)77(2,3)4)31-25-32-62(76)54-44-56(78(5,6)7)46-57(45-54)79(8,9)10;/h19-37,42-46,49-51H,38-41H2,1-18H3;/q-3;/i1D3,19D,20D,23D,26D,27D,30D,33D,43D;. The molecule has 2 aromatic heterocycles. The summed E-state index contributed by atoms with van der Waals surface area (Å²) in [7, 11) is 0. The van der Waals surface area contributed by atoms with Crippen LogP contribution in [-0.2, 0) is 59.0 Å². The summed E-state index contributed by atoms with van der Waals surface area (Å²) in [5.74, 6) is 0.668. The second-order valence-electron chi connectivity index (χ2n) is 30.7. The maximum Gasteiger partial charge on any atom is 0.135 e. The third kappa shape index (κ3) is 10.9. The van der Waals surface area contributed by atoms with Crippen molar-refractivity contribution in [1.82, 2.24) is 9.55 Å². The monoisotopic (exact) mass is 1360 g/mol. The van der Waals surface area contributed by atoms with Crippen LogP contribution in [0.2, 0.25) is 0 Å². The number of pyridine rings is 1. The number of ether oxygens (including phenoxy) is 1. The van der Waals surface area contributed by atoms with Crippen LogP contribution < -0.4 is 14.5 Å². The third-order valence-electron chi connectivity index (χ3n) is 19.3. The van der Waals surface area contributed by atoms with Gasteiger partial charge in [0, 0.05) is 82.1 Å². The summed E-state index contributed by atoms with van der Waals surface area (Å²) < 4.78 is 111. The summed E-state index contributed by atoms with van der Waals surface area (Å²) in [6.45, 7) is 36.6.